The molecule has 1 fully saturated rings. The average molecular weight is 241 g/mol. The van der Waals surface area contributed by atoms with Gasteiger partial charge in [0.25, 0.3) is 0 Å². The Morgan fingerprint density at radius 2 is 2.18 bits per heavy atom. The predicted octanol–water partition coefficient (Wildman–Crippen LogP) is 2.27. The van der Waals surface area contributed by atoms with E-state index in [9.17, 15) is 0 Å². The van der Waals surface area contributed by atoms with Crippen molar-refractivity contribution in [1.82, 2.24) is 4.90 Å². The van der Waals surface area contributed by atoms with Crippen LogP contribution in [0, 0.1) is 11.3 Å². The number of nitrogens with two attached hydrogens (primary N) is 1. The van der Waals surface area contributed by atoms with Crippen LogP contribution in [0.3, 0.4) is 0 Å². The summed E-state index contributed by atoms with van der Waals surface area (Å²) in [6, 6.07) is 0. The van der Waals surface area contributed by atoms with Crippen LogP contribution < -0.4 is 5.73 Å². The standard InChI is InChI=1S/C13H27N3O/c1-13(2,3)7-5-9-16-8-4-6-11(10-16)12(14)15-17/h11,17H,4-10H2,1-3H3,(H2,14,15). The van der Waals surface area contributed by atoms with Crippen LogP contribution in [-0.4, -0.2) is 35.6 Å². The van der Waals surface area contributed by atoms with E-state index in [0.29, 0.717) is 11.3 Å². The third kappa shape index (κ3) is 5.39. The molecule has 4 nitrogen and oxygen atoms in total. The van der Waals surface area contributed by atoms with Gasteiger partial charge in [0.2, 0.25) is 0 Å². The molecule has 1 atom stereocenters. The van der Waals surface area contributed by atoms with Crippen molar-refractivity contribution < 1.29 is 5.21 Å². The molecule has 0 spiro atoms. The summed E-state index contributed by atoms with van der Waals surface area (Å²) in [5.74, 6) is 0.633. The molecule has 0 aromatic carbocycles. The number of likely N-dealkylation sites (tertiary alicyclic amines) is 1. The highest BCUT2D eigenvalue weighted by Gasteiger charge is 2.23. The van der Waals surface area contributed by atoms with Crippen molar-refractivity contribution >= 4 is 5.84 Å². The maximum Gasteiger partial charge on any atom is 0.143 e. The molecule has 0 radical (unpaired) electrons. The van der Waals surface area contributed by atoms with Crippen molar-refractivity contribution in [2.24, 2.45) is 22.2 Å². The van der Waals surface area contributed by atoms with Gasteiger partial charge in [0.05, 0.1) is 0 Å². The van der Waals surface area contributed by atoms with Crippen LogP contribution in [0.5, 0.6) is 0 Å². The number of nitrogens with zero attached hydrogens (tertiary/aromatic N) is 2. The highest BCUT2D eigenvalue weighted by atomic mass is 16.4. The van der Waals surface area contributed by atoms with Crippen LogP contribution >= 0.6 is 0 Å². The Kier molecular flexibility index (Phi) is 5.25. The Balaban J connectivity index is 2.30. The highest BCUT2D eigenvalue weighted by molar-refractivity contribution is 5.82. The zero-order chi connectivity index (χ0) is 12.9. The van der Waals surface area contributed by atoms with Crippen LogP contribution in [-0.2, 0) is 0 Å². The summed E-state index contributed by atoms with van der Waals surface area (Å²) in [4.78, 5) is 2.44. The number of hydrogen-bond acceptors (Lipinski definition) is 3. The van der Waals surface area contributed by atoms with Crippen LogP contribution in [0.15, 0.2) is 5.16 Å². The number of hydrogen-bond donors (Lipinski definition) is 2. The van der Waals surface area contributed by atoms with Gasteiger partial charge in [-0.15, -0.1) is 0 Å². The first-order chi connectivity index (χ1) is 7.92. The lowest BCUT2D eigenvalue weighted by atomic mass is 9.90. The third-order valence-electron chi connectivity index (χ3n) is 3.44. The number of oxime groups is 1. The Morgan fingerprint density at radius 1 is 1.47 bits per heavy atom. The second kappa shape index (κ2) is 6.24. The lowest BCUT2D eigenvalue weighted by molar-refractivity contribution is 0.188. The summed E-state index contributed by atoms with van der Waals surface area (Å²) in [7, 11) is 0. The van der Waals surface area contributed by atoms with Gasteiger partial charge in [-0.1, -0.05) is 25.9 Å². The molecule has 1 rings (SSSR count). The van der Waals surface area contributed by atoms with Crippen LogP contribution in [0.1, 0.15) is 46.5 Å². The topological polar surface area (TPSA) is 61.8 Å². The molecule has 1 unspecified atom stereocenters. The first kappa shape index (κ1) is 14.3. The van der Waals surface area contributed by atoms with E-state index in [0.717, 1.165) is 32.5 Å². The zero-order valence-electron chi connectivity index (χ0n) is 11.4. The third-order valence-corrected chi connectivity index (χ3v) is 3.44. The summed E-state index contributed by atoms with van der Waals surface area (Å²) in [5, 5.41) is 11.8. The molecule has 17 heavy (non-hydrogen) atoms. The minimum Gasteiger partial charge on any atom is -0.409 e. The van der Waals surface area contributed by atoms with E-state index in [1.54, 1.807) is 0 Å². The number of rotatable bonds is 4. The van der Waals surface area contributed by atoms with E-state index < -0.39 is 0 Å². The maximum absolute atomic E-state index is 8.70. The molecule has 1 heterocycles. The van der Waals surface area contributed by atoms with Gasteiger partial charge in [0.1, 0.15) is 5.84 Å². The van der Waals surface area contributed by atoms with Crippen molar-refractivity contribution in [2.75, 3.05) is 19.6 Å². The second-order valence-electron chi connectivity index (χ2n) is 6.33. The predicted molar refractivity (Wildman–Crippen MR) is 71.3 cm³/mol. The van der Waals surface area contributed by atoms with Gasteiger partial charge in [0.15, 0.2) is 0 Å². The van der Waals surface area contributed by atoms with Crippen molar-refractivity contribution in [3.05, 3.63) is 0 Å². The zero-order valence-corrected chi connectivity index (χ0v) is 11.4. The monoisotopic (exact) mass is 241 g/mol. The fourth-order valence-corrected chi connectivity index (χ4v) is 2.41. The fraction of sp³-hybridized carbons (Fsp3) is 0.923. The fourth-order valence-electron chi connectivity index (χ4n) is 2.41. The van der Waals surface area contributed by atoms with Gasteiger partial charge < -0.3 is 15.8 Å². The molecule has 1 aliphatic heterocycles. The highest BCUT2D eigenvalue weighted by Crippen LogP contribution is 2.22. The van der Waals surface area contributed by atoms with Crippen LogP contribution in [0.25, 0.3) is 0 Å². The summed E-state index contributed by atoms with van der Waals surface area (Å²) >= 11 is 0. The Morgan fingerprint density at radius 3 is 2.76 bits per heavy atom. The number of amidine groups is 1. The largest absolute Gasteiger partial charge is 0.409 e. The van der Waals surface area contributed by atoms with E-state index in [-0.39, 0.29) is 5.92 Å². The molecule has 0 amide bonds. The van der Waals surface area contributed by atoms with E-state index in [1.165, 1.54) is 12.8 Å². The molecule has 4 heteroatoms. The van der Waals surface area contributed by atoms with Gasteiger partial charge in [-0.25, -0.2) is 0 Å². The second-order valence-corrected chi connectivity index (χ2v) is 6.33. The quantitative estimate of drug-likeness (QED) is 0.343. The van der Waals surface area contributed by atoms with Gasteiger partial charge in [-0.3, -0.25) is 0 Å². The van der Waals surface area contributed by atoms with Gasteiger partial charge in [0, 0.05) is 12.5 Å². The molecule has 0 aromatic heterocycles. The molecular formula is C13H27N3O. The van der Waals surface area contributed by atoms with Gasteiger partial charge >= 0.3 is 0 Å². The van der Waals surface area contributed by atoms with Crippen molar-refractivity contribution in [3.8, 4) is 0 Å². The van der Waals surface area contributed by atoms with Crippen molar-refractivity contribution in [2.45, 2.75) is 46.5 Å². The van der Waals surface area contributed by atoms with Crippen molar-refractivity contribution in [3.63, 3.8) is 0 Å². The minimum atomic E-state index is 0.239. The molecular weight excluding hydrogens is 214 g/mol. The summed E-state index contributed by atoms with van der Waals surface area (Å²) in [6.07, 6.45) is 4.67. The molecule has 0 aromatic rings. The van der Waals surface area contributed by atoms with Gasteiger partial charge in [-0.2, -0.15) is 0 Å². The Labute approximate surface area is 105 Å². The SMILES string of the molecule is CC(C)(C)CCCN1CCCC(C(N)=NO)C1. The molecule has 1 aliphatic rings. The number of piperidine rings is 1. The molecule has 0 aliphatic carbocycles. The normalized spacial score (nSPS) is 23.9. The minimum absolute atomic E-state index is 0.239. The summed E-state index contributed by atoms with van der Waals surface area (Å²) in [6.45, 7) is 10.1. The lowest BCUT2D eigenvalue weighted by Crippen LogP contribution is -2.41. The molecule has 100 valence electrons. The van der Waals surface area contributed by atoms with Crippen LogP contribution in [0.2, 0.25) is 0 Å². The maximum atomic E-state index is 8.70. The molecule has 0 saturated carbocycles. The molecule has 0 bridgehead atoms. The Bertz CT molecular complexity index is 258. The van der Waals surface area contributed by atoms with E-state index in [4.69, 9.17) is 10.9 Å². The lowest BCUT2D eigenvalue weighted by Gasteiger charge is -2.32. The first-order valence-electron chi connectivity index (χ1n) is 6.62. The van der Waals surface area contributed by atoms with Gasteiger partial charge in [-0.05, 0) is 44.2 Å². The van der Waals surface area contributed by atoms with E-state index in [2.05, 4.69) is 30.8 Å². The van der Waals surface area contributed by atoms with Crippen LogP contribution in [0.4, 0.5) is 0 Å². The Hall–Kier alpha value is -0.770. The average Bonchev–Trinajstić information content (AvgIpc) is 2.27. The van der Waals surface area contributed by atoms with E-state index >= 15 is 0 Å². The first-order valence-corrected chi connectivity index (χ1v) is 6.62. The van der Waals surface area contributed by atoms with E-state index in [1.807, 2.05) is 0 Å². The van der Waals surface area contributed by atoms with Crippen molar-refractivity contribution in [1.29, 1.82) is 0 Å². The molecule has 1 saturated heterocycles. The summed E-state index contributed by atoms with van der Waals surface area (Å²) < 4.78 is 0. The molecule has 3 N–H and O–H groups in total. The summed E-state index contributed by atoms with van der Waals surface area (Å²) in [5.41, 5.74) is 6.10. The smallest absolute Gasteiger partial charge is 0.143 e.